The van der Waals surface area contributed by atoms with E-state index in [2.05, 4.69) is 25.2 Å². The number of amides is 2. The van der Waals surface area contributed by atoms with Gasteiger partial charge in [0, 0.05) is 37.2 Å². The van der Waals surface area contributed by atoms with Crippen LogP contribution in [0.25, 0.3) is 11.3 Å². The van der Waals surface area contributed by atoms with E-state index in [0.29, 0.717) is 31.0 Å². The normalized spacial score (nSPS) is 17.3. The Kier molecular flexibility index (Phi) is 7.01. The highest BCUT2D eigenvalue weighted by atomic mass is 35.5. The average molecular weight is 549 g/mol. The molecule has 200 valence electrons. The molecule has 0 saturated carbocycles. The maximum atomic E-state index is 13.5. The van der Waals surface area contributed by atoms with Gasteiger partial charge in [-0.25, -0.2) is 19.7 Å². The third-order valence-corrected chi connectivity index (χ3v) is 6.71. The zero-order chi connectivity index (χ0) is 27.0. The lowest BCUT2D eigenvalue weighted by Crippen LogP contribution is -2.48. The summed E-state index contributed by atoms with van der Waals surface area (Å²) >= 11 is 6.50. The number of carbonyl (C=O) groups is 1. The van der Waals surface area contributed by atoms with Crippen LogP contribution in [0, 0.1) is 5.92 Å². The van der Waals surface area contributed by atoms with Gasteiger partial charge in [0.2, 0.25) is 5.88 Å². The van der Waals surface area contributed by atoms with Gasteiger partial charge in [0.25, 0.3) is 0 Å². The molecule has 1 saturated heterocycles. The molecule has 0 aliphatic carbocycles. The third kappa shape index (κ3) is 5.18. The number of hydrogen-bond donors (Lipinski definition) is 2. The van der Waals surface area contributed by atoms with Crippen molar-refractivity contribution in [3.63, 3.8) is 0 Å². The Morgan fingerprint density at radius 1 is 1.29 bits per heavy atom. The number of pyridine rings is 1. The molecule has 13 heteroatoms. The predicted octanol–water partition coefficient (Wildman–Crippen LogP) is 4.85. The van der Waals surface area contributed by atoms with E-state index in [-0.39, 0.29) is 53.2 Å². The van der Waals surface area contributed by atoms with Crippen molar-refractivity contribution in [2.24, 2.45) is 5.92 Å². The van der Waals surface area contributed by atoms with Gasteiger partial charge in [0.1, 0.15) is 12.1 Å². The van der Waals surface area contributed by atoms with Crippen LogP contribution in [0.5, 0.6) is 5.88 Å². The number of hydrogen-bond acceptors (Lipinski definition) is 7. The van der Waals surface area contributed by atoms with Crippen LogP contribution in [0.2, 0.25) is 5.02 Å². The molecule has 2 atom stereocenters. The van der Waals surface area contributed by atoms with Gasteiger partial charge in [0.15, 0.2) is 5.82 Å². The van der Waals surface area contributed by atoms with E-state index in [4.69, 9.17) is 16.3 Å². The largest absolute Gasteiger partial charge is 0.477 e. The number of nitrogens with one attached hydrogen (secondary N) is 1. The van der Waals surface area contributed by atoms with Crippen molar-refractivity contribution in [3.05, 3.63) is 53.3 Å². The van der Waals surface area contributed by atoms with Crippen LogP contribution in [0.1, 0.15) is 18.9 Å². The van der Waals surface area contributed by atoms with E-state index in [1.807, 2.05) is 6.92 Å². The van der Waals surface area contributed by atoms with Gasteiger partial charge >= 0.3 is 12.2 Å². The maximum Gasteiger partial charge on any atom is 0.416 e. The molecule has 2 amide bonds. The van der Waals surface area contributed by atoms with Crippen molar-refractivity contribution >= 4 is 35.0 Å². The fourth-order valence-corrected chi connectivity index (χ4v) is 4.72. The Morgan fingerprint density at radius 3 is 2.87 bits per heavy atom. The first-order chi connectivity index (χ1) is 18.1. The first-order valence-corrected chi connectivity index (χ1v) is 12.3. The number of anilines is 3. The molecule has 1 fully saturated rings. The van der Waals surface area contributed by atoms with E-state index in [0.717, 1.165) is 12.1 Å². The molecule has 1 aromatic carbocycles. The minimum absolute atomic E-state index is 0.0407. The standard InChI is InChI=1S/C25H24ClF3N6O3/c1-14(11-36)12-38-21-9-20(30-13-31-21)32-24(37)35-17-5-6-34(10-17)19-8-18(26)22(33-23(19)35)15-3-2-4-16(7-15)25(27,28)29/h2-4,7-9,13-14,17,36H,5-6,10-12H2,1H3,(H,30,31,32,37)/t14-,17+/m1/s1. The predicted molar refractivity (Wildman–Crippen MR) is 136 cm³/mol. The molecule has 9 nitrogen and oxygen atoms in total. The Balaban J connectivity index is 1.46. The fraction of sp³-hybridized carbons (Fsp3) is 0.360. The molecular formula is C25H24ClF3N6O3. The summed E-state index contributed by atoms with van der Waals surface area (Å²) in [6.07, 6.45) is -2.60. The molecular weight excluding hydrogens is 525 g/mol. The molecule has 2 bridgehead atoms. The number of nitrogens with zero attached hydrogens (tertiary/aromatic N) is 5. The van der Waals surface area contributed by atoms with Gasteiger partial charge in [0.05, 0.1) is 34.6 Å². The molecule has 0 unspecified atom stereocenters. The smallest absolute Gasteiger partial charge is 0.416 e. The number of urea groups is 1. The molecule has 2 aromatic heterocycles. The summed E-state index contributed by atoms with van der Waals surface area (Å²) in [6.45, 7) is 3.26. The van der Waals surface area contributed by atoms with Crippen molar-refractivity contribution in [1.29, 1.82) is 0 Å². The number of halogens is 4. The molecule has 5 rings (SSSR count). The van der Waals surface area contributed by atoms with Crippen LogP contribution in [-0.2, 0) is 6.18 Å². The van der Waals surface area contributed by atoms with Gasteiger partial charge in [-0.3, -0.25) is 10.2 Å². The lowest BCUT2D eigenvalue weighted by molar-refractivity contribution is -0.137. The highest BCUT2D eigenvalue weighted by molar-refractivity contribution is 6.33. The number of aliphatic hydroxyl groups excluding tert-OH is 1. The Bertz CT molecular complexity index is 1360. The van der Waals surface area contributed by atoms with Gasteiger partial charge in [-0.1, -0.05) is 30.7 Å². The number of carbonyl (C=O) groups excluding carboxylic acids is 1. The summed E-state index contributed by atoms with van der Waals surface area (Å²) in [4.78, 5) is 29.8. The Hall–Kier alpha value is -3.64. The quantitative estimate of drug-likeness (QED) is 0.454. The number of aromatic nitrogens is 3. The first kappa shape index (κ1) is 26.0. The van der Waals surface area contributed by atoms with Crippen LogP contribution in [0.4, 0.5) is 35.3 Å². The molecule has 2 aliphatic heterocycles. The van der Waals surface area contributed by atoms with E-state index in [1.54, 1.807) is 6.07 Å². The molecule has 0 spiro atoms. The molecule has 2 N–H and O–H groups in total. The summed E-state index contributed by atoms with van der Waals surface area (Å²) in [6, 6.07) is 7.16. The van der Waals surface area contributed by atoms with Gasteiger partial charge < -0.3 is 14.7 Å². The second-order valence-corrected chi connectivity index (χ2v) is 9.68. The summed E-state index contributed by atoms with van der Waals surface area (Å²) in [5.41, 5.74) is 0.140. The highest BCUT2D eigenvalue weighted by Gasteiger charge is 2.41. The number of benzene rings is 1. The molecule has 3 aromatic rings. The van der Waals surface area contributed by atoms with Crippen molar-refractivity contribution in [1.82, 2.24) is 15.0 Å². The maximum absolute atomic E-state index is 13.5. The Labute approximate surface area is 221 Å². The SMILES string of the molecule is C[C@H](CO)COc1cc(NC(=O)N2c3nc(-c4cccc(C(F)(F)F)c4)c(Cl)cc3N3CC[C@H]2C3)ncn1. The van der Waals surface area contributed by atoms with Crippen LogP contribution in [0.15, 0.2) is 42.7 Å². The summed E-state index contributed by atoms with van der Waals surface area (Å²) in [5.74, 6) is 0.640. The lowest BCUT2D eigenvalue weighted by atomic mass is 10.1. The average Bonchev–Trinajstić information content (AvgIpc) is 3.31. The highest BCUT2D eigenvalue weighted by Crippen LogP contribution is 2.43. The third-order valence-electron chi connectivity index (χ3n) is 6.42. The number of fused-ring (bicyclic) bond motifs is 4. The van der Waals surface area contributed by atoms with E-state index < -0.39 is 17.8 Å². The van der Waals surface area contributed by atoms with Crippen molar-refractivity contribution in [3.8, 4) is 17.1 Å². The number of alkyl halides is 3. The zero-order valence-electron chi connectivity index (χ0n) is 20.2. The fourth-order valence-electron chi connectivity index (χ4n) is 4.47. The first-order valence-electron chi connectivity index (χ1n) is 11.9. The number of aliphatic hydroxyl groups is 1. The van der Waals surface area contributed by atoms with Crippen LogP contribution < -0.4 is 19.9 Å². The topological polar surface area (TPSA) is 104 Å². The van der Waals surface area contributed by atoms with Crippen LogP contribution in [0.3, 0.4) is 0 Å². The summed E-state index contributed by atoms with van der Waals surface area (Å²) in [7, 11) is 0. The van der Waals surface area contributed by atoms with E-state index in [9.17, 15) is 23.1 Å². The molecule has 0 radical (unpaired) electrons. The Morgan fingerprint density at radius 2 is 2.11 bits per heavy atom. The molecule has 4 heterocycles. The summed E-state index contributed by atoms with van der Waals surface area (Å²) in [5, 5.41) is 12.1. The zero-order valence-corrected chi connectivity index (χ0v) is 21.0. The lowest BCUT2D eigenvalue weighted by Gasteiger charge is -2.36. The number of ether oxygens (including phenoxy) is 1. The molecule has 38 heavy (non-hydrogen) atoms. The van der Waals surface area contributed by atoms with E-state index >= 15 is 0 Å². The minimum atomic E-state index is -4.52. The monoisotopic (exact) mass is 548 g/mol. The van der Waals surface area contributed by atoms with Crippen LogP contribution >= 0.6 is 11.6 Å². The van der Waals surface area contributed by atoms with Crippen LogP contribution in [-0.4, -0.2) is 58.4 Å². The minimum Gasteiger partial charge on any atom is -0.477 e. The van der Waals surface area contributed by atoms with Gasteiger partial charge in [-0.2, -0.15) is 13.2 Å². The summed E-state index contributed by atoms with van der Waals surface area (Å²) < 4.78 is 45.5. The van der Waals surface area contributed by atoms with E-state index in [1.165, 1.54) is 29.4 Å². The second kappa shape index (κ2) is 10.3. The van der Waals surface area contributed by atoms with Crippen molar-refractivity contribution in [2.45, 2.75) is 25.6 Å². The number of rotatable bonds is 6. The second-order valence-electron chi connectivity index (χ2n) is 9.27. The molecule has 2 aliphatic rings. The van der Waals surface area contributed by atoms with Crippen molar-refractivity contribution in [2.75, 3.05) is 41.4 Å². The van der Waals surface area contributed by atoms with Crippen molar-refractivity contribution < 1.29 is 27.8 Å². The van der Waals surface area contributed by atoms with Gasteiger partial charge in [-0.05, 0) is 24.6 Å². The van der Waals surface area contributed by atoms with Gasteiger partial charge in [-0.15, -0.1) is 0 Å².